The summed E-state index contributed by atoms with van der Waals surface area (Å²) in [7, 11) is 0. The second-order valence-corrected chi connectivity index (χ2v) is 25.6. The van der Waals surface area contributed by atoms with Gasteiger partial charge in [0.2, 0.25) is 0 Å². The Morgan fingerprint density at radius 3 is 1.29 bits per heavy atom. The number of hydrogen-bond donors (Lipinski definition) is 0. The second-order valence-electron chi connectivity index (χ2n) is 25.6. The Morgan fingerprint density at radius 1 is 0.348 bits per heavy atom. The van der Waals surface area contributed by atoms with Gasteiger partial charge in [-0.3, -0.25) is 0 Å². The van der Waals surface area contributed by atoms with Crippen LogP contribution in [-0.4, -0.2) is 15.8 Å². The predicted molar refractivity (Wildman–Crippen MR) is 291 cm³/mol. The number of nitrogens with zero attached hydrogens (tertiary/aromatic N) is 2. The van der Waals surface area contributed by atoms with Crippen LogP contribution >= 0.6 is 0 Å². The van der Waals surface area contributed by atoms with Crippen molar-refractivity contribution in [1.82, 2.24) is 9.13 Å². The minimum absolute atomic E-state index is 0.00577. The zero-order chi connectivity index (χ0) is 46.7. The Balaban J connectivity index is 1.40. The maximum absolute atomic E-state index is 2.74. The molecule has 0 unspecified atom stereocenters. The molecule has 4 heterocycles. The first-order valence-electron chi connectivity index (χ1n) is 24.5. The van der Waals surface area contributed by atoms with E-state index < -0.39 is 0 Å². The maximum atomic E-state index is 2.74. The van der Waals surface area contributed by atoms with Gasteiger partial charge in [0, 0.05) is 43.7 Å². The fraction of sp³-hybridized carbons (Fsp3) is 0.333. The first kappa shape index (κ1) is 41.6. The number of rotatable bonds is 0. The van der Waals surface area contributed by atoms with Crippen LogP contribution in [0.2, 0.25) is 0 Å². The molecule has 2 aromatic heterocycles. The van der Waals surface area contributed by atoms with Crippen LogP contribution in [0.3, 0.4) is 0 Å². The first-order valence-corrected chi connectivity index (χ1v) is 24.5. The number of benzene rings is 8. The summed E-state index contributed by atoms with van der Waals surface area (Å²) in [6.07, 6.45) is 0. The average molecular weight is 861 g/mol. The monoisotopic (exact) mass is 861 g/mol. The number of aryl methyl sites for hydroxylation is 1. The van der Waals surface area contributed by atoms with Gasteiger partial charge in [-0.2, -0.15) is 0 Å². The Kier molecular flexibility index (Phi) is 8.07. The summed E-state index contributed by atoms with van der Waals surface area (Å²) >= 11 is 0. The third kappa shape index (κ3) is 5.61. The molecular weight excluding hydrogens is 796 g/mol. The zero-order valence-corrected chi connectivity index (χ0v) is 42.3. The number of aromatic nitrogens is 2. The summed E-state index contributed by atoms with van der Waals surface area (Å²) in [6, 6.07) is 42.3. The van der Waals surface area contributed by atoms with Gasteiger partial charge in [0.25, 0.3) is 6.71 Å². The molecule has 10 aromatic rings. The highest BCUT2D eigenvalue weighted by Crippen LogP contribution is 2.48. The molecule has 330 valence electrons. The molecule has 66 heavy (non-hydrogen) atoms. The van der Waals surface area contributed by atoms with Crippen molar-refractivity contribution in [3.8, 4) is 11.4 Å². The van der Waals surface area contributed by atoms with Gasteiger partial charge in [-0.05, 0) is 154 Å². The van der Waals surface area contributed by atoms with E-state index in [1.54, 1.807) is 0 Å². The lowest BCUT2D eigenvalue weighted by atomic mass is 9.33. The van der Waals surface area contributed by atoms with Gasteiger partial charge in [0.1, 0.15) is 0 Å². The van der Waals surface area contributed by atoms with Gasteiger partial charge in [0.15, 0.2) is 0 Å². The highest BCUT2D eigenvalue weighted by atomic mass is 15.0. The van der Waals surface area contributed by atoms with Crippen molar-refractivity contribution < 1.29 is 0 Å². The predicted octanol–water partition coefficient (Wildman–Crippen LogP) is 15.3. The largest absolute Gasteiger partial charge is 0.310 e. The quantitative estimate of drug-likeness (QED) is 0.106. The molecule has 0 saturated carbocycles. The van der Waals surface area contributed by atoms with E-state index >= 15 is 0 Å². The van der Waals surface area contributed by atoms with Crippen molar-refractivity contribution in [3.63, 3.8) is 0 Å². The van der Waals surface area contributed by atoms with E-state index in [1.165, 1.54) is 137 Å². The van der Waals surface area contributed by atoms with Crippen LogP contribution < -0.4 is 16.4 Å². The highest BCUT2D eigenvalue weighted by molar-refractivity contribution is 7.00. The van der Waals surface area contributed by atoms with E-state index in [1.807, 2.05) is 0 Å². The molecule has 0 radical (unpaired) electrons. The number of hydrogen-bond acceptors (Lipinski definition) is 0. The average Bonchev–Trinajstić information content (AvgIpc) is 3.74. The van der Waals surface area contributed by atoms with Crippen molar-refractivity contribution in [1.29, 1.82) is 0 Å². The SMILES string of the molecule is Cc1ccc2c(c1)c1cc(C(C)(C)C)ccc1c1cc3c4c(c21)-n1c2ccc(C(C)(C)C)cc2c2cc(C(C)(C)C)cc(c21)B4c1cc(C(C)(C)C)cc2c4cc(C(C)(C)C)ccc4n-3c12. The lowest BCUT2D eigenvalue weighted by Gasteiger charge is -2.36. The van der Waals surface area contributed by atoms with Crippen LogP contribution in [0.25, 0.3) is 87.3 Å². The Morgan fingerprint density at radius 2 is 0.773 bits per heavy atom. The molecule has 0 atom stereocenters. The second kappa shape index (κ2) is 12.8. The zero-order valence-electron chi connectivity index (χ0n) is 42.3. The van der Waals surface area contributed by atoms with E-state index in [0.29, 0.717) is 0 Å². The summed E-state index contributed by atoms with van der Waals surface area (Å²) in [5.41, 5.74) is 20.3. The topological polar surface area (TPSA) is 9.86 Å². The molecule has 0 amide bonds. The smallest absolute Gasteiger partial charge is 0.252 e. The minimum Gasteiger partial charge on any atom is -0.310 e. The van der Waals surface area contributed by atoms with Crippen LogP contribution in [0.1, 0.15) is 137 Å². The molecule has 0 spiro atoms. The van der Waals surface area contributed by atoms with Crippen molar-refractivity contribution >= 4 is 99.0 Å². The van der Waals surface area contributed by atoms with E-state index in [4.69, 9.17) is 0 Å². The van der Waals surface area contributed by atoms with Crippen LogP contribution in [0.4, 0.5) is 0 Å². The van der Waals surface area contributed by atoms with Crippen LogP contribution in [0, 0.1) is 6.92 Å². The first-order chi connectivity index (χ1) is 30.8. The standard InChI is InChI=1S/C63H65BN2/c1-34-17-21-41-42(25-34)43-26-35(59(2,3)4)18-22-40(43)46-33-53-55-58(54(41)46)66-52-24-20-37(61(8,9)10)28-45(52)48-30-39(63(14,15)16)32-50(57(48)66)64(55)49-31-38(62(11,12)13)29-47-44-27-36(60(5,6)7)19-23-51(44)65(53)56(47)49/h17-33H,1-16H3. The molecule has 0 fully saturated rings. The summed E-state index contributed by atoms with van der Waals surface area (Å²) in [6.45, 7) is 37.8. The van der Waals surface area contributed by atoms with Crippen LogP contribution in [-0.2, 0) is 27.1 Å². The van der Waals surface area contributed by atoms with E-state index in [0.717, 1.165) is 0 Å². The van der Waals surface area contributed by atoms with Gasteiger partial charge in [-0.15, -0.1) is 0 Å². The van der Waals surface area contributed by atoms with Crippen LogP contribution in [0.15, 0.2) is 103 Å². The Bertz CT molecular complexity index is 3830. The van der Waals surface area contributed by atoms with Gasteiger partial charge in [0.05, 0.1) is 16.7 Å². The van der Waals surface area contributed by atoms with Gasteiger partial charge in [-0.1, -0.05) is 164 Å². The molecular formula is C63H65BN2. The maximum Gasteiger partial charge on any atom is 0.252 e. The Hall–Kier alpha value is -5.80. The van der Waals surface area contributed by atoms with Crippen molar-refractivity contribution in [3.05, 3.63) is 137 Å². The van der Waals surface area contributed by atoms with E-state index in [9.17, 15) is 0 Å². The van der Waals surface area contributed by atoms with Gasteiger partial charge < -0.3 is 9.13 Å². The molecule has 0 aliphatic carbocycles. The third-order valence-electron chi connectivity index (χ3n) is 15.8. The van der Waals surface area contributed by atoms with Gasteiger partial charge >= 0.3 is 0 Å². The summed E-state index contributed by atoms with van der Waals surface area (Å²) in [4.78, 5) is 0. The van der Waals surface area contributed by atoms with Crippen molar-refractivity contribution in [2.24, 2.45) is 0 Å². The van der Waals surface area contributed by atoms with Crippen LogP contribution in [0.5, 0.6) is 0 Å². The van der Waals surface area contributed by atoms with Crippen molar-refractivity contribution in [2.75, 3.05) is 0 Å². The summed E-state index contributed by atoms with van der Waals surface area (Å²) in [5.74, 6) is 0. The lowest BCUT2D eigenvalue weighted by molar-refractivity contribution is 0.590. The van der Waals surface area contributed by atoms with Gasteiger partial charge in [-0.25, -0.2) is 0 Å². The molecule has 0 saturated heterocycles. The fourth-order valence-corrected chi connectivity index (χ4v) is 12.0. The molecule has 0 bridgehead atoms. The third-order valence-corrected chi connectivity index (χ3v) is 15.8. The molecule has 2 aliphatic rings. The summed E-state index contributed by atoms with van der Waals surface area (Å²) < 4.78 is 5.44. The normalized spacial score (nSPS) is 14.3. The minimum atomic E-state index is -0.0539. The molecule has 3 heteroatoms. The summed E-state index contributed by atoms with van der Waals surface area (Å²) in [5, 5.41) is 13.4. The highest BCUT2D eigenvalue weighted by Gasteiger charge is 2.44. The Labute approximate surface area is 392 Å². The molecule has 2 nitrogen and oxygen atoms in total. The molecule has 0 N–H and O–H groups in total. The van der Waals surface area contributed by atoms with E-state index in [-0.39, 0.29) is 33.8 Å². The number of fused-ring (bicyclic) bond motifs is 17. The lowest BCUT2D eigenvalue weighted by Crippen LogP contribution is -2.59. The van der Waals surface area contributed by atoms with E-state index in [2.05, 4.69) is 223 Å². The molecule has 2 aliphatic heterocycles. The van der Waals surface area contributed by atoms with Crippen molar-refractivity contribution in [2.45, 2.75) is 138 Å². The fourth-order valence-electron chi connectivity index (χ4n) is 12.0. The molecule has 12 rings (SSSR count). The molecule has 8 aromatic carbocycles.